The van der Waals surface area contributed by atoms with Gasteiger partial charge >= 0.3 is 0 Å². The van der Waals surface area contributed by atoms with Gasteiger partial charge in [0.25, 0.3) is 0 Å². The lowest BCUT2D eigenvalue weighted by Gasteiger charge is -2.12. The first-order valence-corrected chi connectivity index (χ1v) is 6.62. The highest BCUT2D eigenvalue weighted by atomic mass is 32.1. The summed E-state index contributed by atoms with van der Waals surface area (Å²) in [7, 11) is 3.94. The Bertz CT molecular complexity index is 432. The molecule has 2 heterocycles. The molecule has 1 atom stereocenters. The monoisotopic (exact) mass is 250 g/mol. The molecular formula is C12H18N4S. The Kier molecular flexibility index (Phi) is 3.91. The van der Waals surface area contributed by atoms with Crippen LogP contribution in [0, 0.1) is 6.92 Å². The normalized spacial score (nSPS) is 12.9. The van der Waals surface area contributed by atoms with Gasteiger partial charge in [0.1, 0.15) is 0 Å². The third-order valence-electron chi connectivity index (χ3n) is 2.72. The topological polar surface area (TPSA) is 42.7 Å². The van der Waals surface area contributed by atoms with Crippen LogP contribution < -0.4 is 5.32 Å². The van der Waals surface area contributed by atoms with E-state index in [9.17, 15) is 0 Å². The number of hydrogen-bond acceptors (Lipinski definition) is 4. The summed E-state index contributed by atoms with van der Waals surface area (Å²) in [6.07, 6.45) is 3.89. The summed E-state index contributed by atoms with van der Waals surface area (Å²) >= 11 is 1.73. The average molecular weight is 250 g/mol. The molecule has 4 nitrogen and oxygen atoms in total. The highest BCUT2D eigenvalue weighted by Gasteiger charge is 2.12. The molecule has 2 aromatic heterocycles. The average Bonchev–Trinajstić information content (AvgIpc) is 2.87. The molecule has 0 saturated heterocycles. The van der Waals surface area contributed by atoms with Crippen LogP contribution in [0.25, 0.3) is 0 Å². The standard InChI is InChI=1S/C12H18N4S/c1-9-8-17-12(14-9)7-11(13-2)6-10-4-5-16(3)15-10/h4-5,8,11,13H,6-7H2,1-3H3. The van der Waals surface area contributed by atoms with E-state index in [2.05, 4.69) is 26.8 Å². The second-order valence-corrected chi connectivity index (χ2v) is 5.20. The van der Waals surface area contributed by atoms with Crippen LogP contribution in [-0.2, 0) is 19.9 Å². The molecule has 92 valence electrons. The fourth-order valence-corrected chi connectivity index (χ4v) is 2.66. The van der Waals surface area contributed by atoms with Crippen LogP contribution in [0.1, 0.15) is 16.4 Å². The van der Waals surface area contributed by atoms with Gasteiger partial charge in [-0.15, -0.1) is 11.3 Å². The van der Waals surface area contributed by atoms with Crippen molar-refractivity contribution in [2.24, 2.45) is 7.05 Å². The molecule has 0 amide bonds. The van der Waals surface area contributed by atoms with Gasteiger partial charge in [-0.25, -0.2) is 4.98 Å². The molecule has 2 aromatic rings. The number of aryl methyl sites for hydroxylation is 2. The maximum Gasteiger partial charge on any atom is 0.0943 e. The Morgan fingerprint density at radius 2 is 2.29 bits per heavy atom. The maximum atomic E-state index is 4.50. The van der Waals surface area contributed by atoms with E-state index in [1.165, 1.54) is 5.01 Å². The first-order valence-electron chi connectivity index (χ1n) is 5.74. The highest BCUT2D eigenvalue weighted by molar-refractivity contribution is 7.09. The zero-order chi connectivity index (χ0) is 12.3. The molecule has 0 aliphatic heterocycles. The molecule has 0 aromatic carbocycles. The number of nitrogens with zero attached hydrogens (tertiary/aromatic N) is 3. The number of aromatic nitrogens is 3. The van der Waals surface area contributed by atoms with Gasteiger partial charge in [-0.3, -0.25) is 4.68 Å². The van der Waals surface area contributed by atoms with Crippen molar-refractivity contribution >= 4 is 11.3 Å². The first kappa shape index (κ1) is 12.3. The van der Waals surface area contributed by atoms with Crippen LogP contribution in [0.4, 0.5) is 0 Å². The van der Waals surface area contributed by atoms with Crippen LogP contribution >= 0.6 is 11.3 Å². The summed E-state index contributed by atoms with van der Waals surface area (Å²) < 4.78 is 1.84. The van der Waals surface area contributed by atoms with Crippen molar-refractivity contribution in [1.82, 2.24) is 20.1 Å². The maximum absolute atomic E-state index is 4.50. The van der Waals surface area contributed by atoms with Crippen molar-refractivity contribution in [2.45, 2.75) is 25.8 Å². The lowest BCUT2D eigenvalue weighted by atomic mass is 10.1. The third kappa shape index (κ3) is 3.38. The quantitative estimate of drug-likeness (QED) is 0.875. The van der Waals surface area contributed by atoms with E-state index < -0.39 is 0 Å². The predicted molar refractivity (Wildman–Crippen MR) is 70.3 cm³/mol. The molecule has 0 fully saturated rings. The Hall–Kier alpha value is -1.20. The Balaban J connectivity index is 1.97. The van der Waals surface area contributed by atoms with Crippen molar-refractivity contribution in [1.29, 1.82) is 0 Å². The lowest BCUT2D eigenvalue weighted by molar-refractivity contribution is 0.544. The summed E-state index contributed by atoms with van der Waals surface area (Å²) in [5.74, 6) is 0. The van der Waals surface area contributed by atoms with Crippen LogP contribution in [0.2, 0.25) is 0 Å². The van der Waals surface area contributed by atoms with Crippen molar-refractivity contribution in [3.8, 4) is 0 Å². The molecule has 1 unspecified atom stereocenters. The molecule has 0 spiro atoms. The van der Waals surface area contributed by atoms with E-state index >= 15 is 0 Å². The van der Waals surface area contributed by atoms with Crippen LogP contribution in [0.5, 0.6) is 0 Å². The van der Waals surface area contributed by atoms with Crippen molar-refractivity contribution in [3.63, 3.8) is 0 Å². The summed E-state index contributed by atoms with van der Waals surface area (Å²) in [5.41, 5.74) is 2.23. The van der Waals surface area contributed by atoms with Gasteiger partial charge in [0.15, 0.2) is 0 Å². The SMILES string of the molecule is CNC(Cc1ccn(C)n1)Cc1nc(C)cs1. The lowest BCUT2D eigenvalue weighted by Crippen LogP contribution is -2.30. The minimum atomic E-state index is 0.399. The molecule has 5 heteroatoms. The third-order valence-corrected chi connectivity index (χ3v) is 3.71. The van der Waals surface area contributed by atoms with Crippen LogP contribution in [0.3, 0.4) is 0 Å². The van der Waals surface area contributed by atoms with Gasteiger partial charge < -0.3 is 5.32 Å². The first-order chi connectivity index (χ1) is 8.17. The zero-order valence-corrected chi connectivity index (χ0v) is 11.3. The molecule has 17 heavy (non-hydrogen) atoms. The van der Waals surface area contributed by atoms with Gasteiger partial charge in [0.05, 0.1) is 10.7 Å². The molecule has 1 N–H and O–H groups in total. The van der Waals surface area contributed by atoms with E-state index in [0.717, 1.165) is 24.2 Å². The fraction of sp³-hybridized carbons (Fsp3) is 0.500. The summed E-state index contributed by atoms with van der Waals surface area (Å²) in [5, 5.41) is 11.0. The Labute approximate surface area is 106 Å². The Morgan fingerprint density at radius 1 is 1.47 bits per heavy atom. The second kappa shape index (κ2) is 5.42. The van der Waals surface area contributed by atoms with Gasteiger partial charge in [0.2, 0.25) is 0 Å². The second-order valence-electron chi connectivity index (χ2n) is 4.26. The van der Waals surface area contributed by atoms with Crippen LogP contribution in [0.15, 0.2) is 17.6 Å². The molecule has 0 aliphatic carbocycles. The minimum Gasteiger partial charge on any atom is -0.316 e. The summed E-state index contributed by atoms with van der Waals surface area (Å²) in [6, 6.07) is 2.47. The smallest absolute Gasteiger partial charge is 0.0943 e. The van der Waals surface area contributed by atoms with Crippen LogP contribution in [-0.4, -0.2) is 27.9 Å². The van der Waals surface area contributed by atoms with Gasteiger partial charge in [0, 0.05) is 43.2 Å². The fourth-order valence-electron chi connectivity index (χ4n) is 1.81. The van der Waals surface area contributed by atoms with E-state index in [0.29, 0.717) is 6.04 Å². The number of hydrogen-bond donors (Lipinski definition) is 1. The van der Waals surface area contributed by atoms with E-state index in [1.807, 2.05) is 31.9 Å². The summed E-state index contributed by atoms with van der Waals surface area (Å²) in [6.45, 7) is 2.03. The number of rotatable bonds is 5. The predicted octanol–water partition coefficient (Wildman–Crippen LogP) is 1.56. The molecule has 0 aliphatic rings. The van der Waals surface area contributed by atoms with E-state index in [-0.39, 0.29) is 0 Å². The Morgan fingerprint density at radius 3 is 2.82 bits per heavy atom. The van der Waals surface area contributed by atoms with E-state index in [4.69, 9.17) is 0 Å². The summed E-state index contributed by atoms with van der Waals surface area (Å²) in [4.78, 5) is 4.50. The van der Waals surface area contributed by atoms with Gasteiger partial charge in [-0.2, -0.15) is 5.10 Å². The molecular weight excluding hydrogens is 232 g/mol. The molecule has 0 radical (unpaired) electrons. The minimum absolute atomic E-state index is 0.399. The number of likely N-dealkylation sites (N-methyl/N-ethyl adjacent to an activating group) is 1. The molecule has 0 saturated carbocycles. The van der Waals surface area contributed by atoms with Crippen molar-refractivity contribution < 1.29 is 0 Å². The molecule has 2 rings (SSSR count). The molecule has 0 bridgehead atoms. The zero-order valence-electron chi connectivity index (χ0n) is 10.5. The van der Waals surface area contributed by atoms with E-state index in [1.54, 1.807) is 11.3 Å². The van der Waals surface area contributed by atoms with Crippen molar-refractivity contribution in [2.75, 3.05) is 7.05 Å². The van der Waals surface area contributed by atoms with Gasteiger partial charge in [-0.05, 0) is 20.0 Å². The highest BCUT2D eigenvalue weighted by Crippen LogP contribution is 2.12. The van der Waals surface area contributed by atoms with Gasteiger partial charge in [-0.1, -0.05) is 0 Å². The number of thiazole rings is 1. The largest absolute Gasteiger partial charge is 0.316 e. The number of nitrogens with one attached hydrogen (secondary N) is 1. The van der Waals surface area contributed by atoms with Crippen molar-refractivity contribution in [3.05, 3.63) is 34.0 Å².